The van der Waals surface area contributed by atoms with Crippen molar-refractivity contribution in [3.05, 3.63) is 23.2 Å². The van der Waals surface area contributed by atoms with Crippen molar-refractivity contribution in [2.75, 3.05) is 0 Å². The average Bonchev–Trinajstić information content (AvgIpc) is 2.29. The van der Waals surface area contributed by atoms with Gasteiger partial charge in [-0.15, -0.1) is 0 Å². The minimum Gasteiger partial charge on any atom is -0.378 e. The van der Waals surface area contributed by atoms with Gasteiger partial charge in [-0.1, -0.05) is 23.9 Å². The molecule has 1 aromatic heterocycles. The van der Waals surface area contributed by atoms with E-state index in [4.69, 9.17) is 11.6 Å². The minimum atomic E-state index is -0.862. The van der Waals surface area contributed by atoms with E-state index >= 15 is 0 Å². The Morgan fingerprint density at radius 3 is 2.56 bits per heavy atom. The Labute approximate surface area is 99.9 Å². The molecule has 0 bridgehead atoms. The highest BCUT2D eigenvalue weighted by Crippen LogP contribution is 2.27. The molecule has 84 valence electrons. The van der Waals surface area contributed by atoms with Gasteiger partial charge in [-0.3, -0.25) is 0 Å². The van der Waals surface area contributed by atoms with Crippen molar-refractivity contribution in [3.63, 3.8) is 0 Å². The zero-order chi connectivity index (χ0) is 11.4. The van der Waals surface area contributed by atoms with Gasteiger partial charge < -0.3 is 5.11 Å². The lowest BCUT2D eigenvalue weighted by Gasteiger charge is -2.26. The fourth-order valence-electron chi connectivity index (χ4n) is 1.84. The van der Waals surface area contributed by atoms with Crippen LogP contribution in [0.5, 0.6) is 0 Å². The zero-order valence-electron chi connectivity index (χ0n) is 8.91. The second kappa shape index (κ2) is 4.82. The maximum atomic E-state index is 10.2. The third-order valence-corrected chi connectivity index (χ3v) is 3.02. The van der Waals surface area contributed by atoms with Crippen molar-refractivity contribution < 1.29 is 5.11 Å². The van der Waals surface area contributed by atoms with E-state index in [2.05, 4.69) is 21.8 Å². The van der Waals surface area contributed by atoms with Gasteiger partial charge in [0.2, 0.25) is 0 Å². The molecule has 1 aliphatic carbocycles. The van der Waals surface area contributed by atoms with Gasteiger partial charge in [0.05, 0.1) is 0 Å². The summed E-state index contributed by atoms with van der Waals surface area (Å²) in [5.74, 6) is 5.69. The van der Waals surface area contributed by atoms with Crippen molar-refractivity contribution in [2.24, 2.45) is 0 Å². The monoisotopic (exact) mass is 236 g/mol. The summed E-state index contributed by atoms with van der Waals surface area (Å²) in [6.45, 7) is 0. The molecule has 1 aliphatic rings. The molecule has 1 aromatic rings. The van der Waals surface area contributed by atoms with Gasteiger partial charge in [0.15, 0.2) is 10.8 Å². The first kappa shape index (κ1) is 11.4. The van der Waals surface area contributed by atoms with Crippen molar-refractivity contribution in [1.82, 2.24) is 9.97 Å². The molecule has 0 atom stereocenters. The number of hydrogen-bond donors (Lipinski definition) is 1. The molecule has 1 saturated carbocycles. The predicted molar refractivity (Wildman–Crippen MR) is 62.0 cm³/mol. The second-order valence-electron chi connectivity index (χ2n) is 4.04. The van der Waals surface area contributed by atoms with E-state index in [0.29, 0.717) is 5.69 Å². The number of rotatable bonds is 0. The topological polar surface area (TPSA) is 46.0 Å². The highest BCUT2D eigenvalue weighted by Gasteiger charge is 2.26. The SMILES string of the molecule is OC1(C#Cc2nccnc2Cl)CCCCC1. The standard InChI is InChI=1S/C12H13ClN2O/c13-11-10(14-8-9-15-11)4-7-12(16)5-2-1-3-6-12/h8-9,16H,1-3,5-6H2. The van der Waals surface area contributed by atoms with Gasteiger partial charge in [-0.05, 0) is 31.6 Å². The van der Waals surface area contributed by atoms with E-state index in [0.717, 1.165) is 25.7 Å². The molecule has 1 fully saturated rings. The number of halogens is 1. The van der Waals surface area contributed by atoms with Crippen molar-refractivity contribution in [1.29, 1.82) is 0 Å². The Bertz CT molecular complexity index is 430. The van der Waals surface area contributed by atoms with Crippen LogP contribution in [0, 0.1) is 11.8 Å². The van der Waals surface area contributed by atoms with Gasteiger partial charge in [-0.2, -0.15) is 0 Å². The number of nitrogens with zero attached hydrogens (tertiary/aromatic N) is 2. The number of aromatic nitrogens is 2. The van der Waals surface area contributed by atoms with Gasteiger partial charge in [0.25, 0.3) is 0 Å². The summed E-state index contributed by atoms with van der Waals surface area (Å²) in [7, 11) is 0. The van der Waals surface area contributed by atoms with Crippen LogP contribution in [0.1, 0.15) is 37.8 Å². The van der Waals surface area contributed by atoms with Gasteiger partial charge in [-0.25, -0.2) is 9.97 Å². The lowest BCUT2D eigenvalue weighted by atomic mass is 9.85. The first-order valence-corrected chi connectivity index (χ1v) is 5.79. The molecular formula is C12H13ClN2O. The zero-order valence-corrected chi connectivity index (χ0v) is 9.67. The Hall–Kier alpha value is -1.11. The number of aliphatic hydroxyl groups is 1. The fraction of sp³-hybridized carbons (Fsp3) is 0.500. The largest absolute Gasteiger partial charge is 0.378 e. The Kier molecular flexibility index (Phi) is 3.42. The molecular weight excluding hydrogens is 224 g/mol. The average molecular weight is 237 g/mol. The van der Waals surface area contributed by atoms with Crippen molar-refractivity contribution in [3.8, 4) is 11.8 Å². The van der Waals surface area contributed by atoms with Crippen LogP contribution in [0.3, 0.4) is 0 Å². The minimum absolute atomic E-state index is 0.286. The molecule has 1 N–H and O–H groups in total. The Balaban J connectivity index is 2.18. The van der Waals surface area contributed by atoms with Crippen molar-refractivity contribution in [2.45, 2.75) is 37.7 Å². The Morgan fingerprint density at radius 2 is 1.88 bits per heavy atom. The molecule has 0 aromatic carbocycles. The normalized spacial score (nSPS) is 18.6. The molecule has 0 amide bonds. The molecule has 0 spiro atoms. The van der Waals surface area contributed by atoms with Crippen molar-refractivity contribution >= 4 is 11.6 Å². The molecule has 0 unspecified atom stereocenters. The van der Waals surface area contributed by atoms with E-state index in [1.54, 1.807) is 6.20 Å². The quantitative estimate of drug-likeness (QED) is 0.703. The predicted octanol–water partition coefficient (Wildman–Crippen LogP) is 2.18. The lowest BCUT2D eigenvalue weighted by Crippen LogP contribution is -2.29. The van der Waals surface area contributed by atoms with Crippen LogP contribution in [0.15, 0.2) is 12.4 Å². The van der Waals surface area contributed by atoms with Crippen LogP contribution < -0.4 is 0 Å². The molecule has 0 aliphatic heterocycles. The van der Waals surface area contributed by atoms with Gasteiger partial charge in [0.1, 0.15) is 5.60 Å². The van der Waals surface area contributed by atoms with E-state index < -0.39 is 5.60 Å². The molecule has 1 heterocycles. The van der Waals surface area contributed by atoms with Crippen LogP contribution in [0.4, 0.5) is 0 Å². The summed E-state index contributed by atoms with van der Waals surface area (Å²) < 4.78 is 0. The maximum Gasteiger partial charge on any atom is 0.163 e. The first-order valence-electron chi connectivity index (χ1n) is 5.42. The van der Waals surface area contributed by atoms with Crippen LogP contribution in [0.2, 0.25) is 5.15 Å². The smallest absolute Gasteiger partial charge is 0.163 e. The summed E-state index contributed by atoms with van der Waals surface area (Å²) in [6, 6.07) is 0. The molecule has 4 heteroatoms. The lowest BCUT2D eigenvalue weighted by molar-refractivity contribution is 0.0610. The highest BCUT2D eigenvalue weighted by molar-refractivity contribution is 6.30. The van der Waals surface area contributed by atoms with Crippen LogP contribution in [-0.2, 0) is 0 Å². The van der Waals surface area contributed by atoms with Crippen LogP contribution in [0.25, 0.3) is 0 Å². The molecule has 0 radical (unpaired) electrons. The van der Waals surface area contributed by atoms with E-state index in [9.17, 15) is 5.11 Å². The van der Waals surface area contributed by atoms with Crippen LogP contribution in [-0.4, -0.2) is 20.7 Å². The van der Waals surface area contributed by atoms with E-state index in [1.807, 2.05) is 0 Å². The summed E-state index contributed by atoms with van der Waals surface area (Å²) in [5.41, 5.74) is -0.429. The molecule has 3 nitrogen and oxygen atoms in total. The third kappa shape index (κ3) is 2.72. The first-order chi connectivity index (χ1) is 7.70. The van der Waals surface area contributed by atoms with Gasteiger partial charge >= 0.3 is 0 Å². The summed E-state index contributed by atoms with van der Waals surface area (Å²) in [5, 5.41) is 10.4. The summed E-state index contributed by atoms with van der Waals surface area (Å²) in [4.78, 5) is 7.90. The maximum absolute atomic E-state index is 10.2. The van der Waals surface area contributed by atoms with Gasteiger partial charge in [0, 0.05) is 12.4 Å². The third-order valence-electron chi connectivity index (χ3n) is 2.75. The molecule has 0 saturated heterocycles. The second-order valence-corrected chi connectivity index (χ2v) is 4.40. The number of hydrogen-bond acceptors (Lipinski definition) is 3. The fourth-order valence-corrected chi connectivity index (χ4v) is 1.99. The molecule has 16 heavy (non-hydrogen) atoms. The summed E-state index contributed by atoms with van der Waals surface area (Å²) >= 11 is 5.83. The highest BCUT2D eigenvalue weighted by atomic mass is 35.5. The van der Waals surface area contributed by atoms with Crippen LogP contribution >= 0.6 is 11.6 Å². The van der Waals surface area contributed by atoms with E-state index in [-0.39, 0.29) is 5.15 Å². The molecule has 2 rings (SSSR count). The van der Waals surface area contributed by atoms with E-state index in [1.165, 1.54) is 12.6 Å². The summed E-state index contributed by atoms with van der Waals surface area (Å²) in [6.07, 6.45) is 7.76. The Morgan fingerprint density at radius 1 is 1.19 bits per heavy atom.